The van der Waals surface area contributed by atoms with Crippen molar-refractivity contribution in [3.05, 3.63) is 58.6 Å². The van der Waals surface area contributed by atoms with Crippen LogP contribution in [0.15, 0.2) is 56.6 Å². The molecule has 0 unspecified atom stereocenters. The maximum atomic E-state index is 13.0. The first-order chi connectivity index (χ1) is 14.5. The number of sulfonamides is 1. The number of nitrogens with zero attached hydrogens (tertiary/aromatic N) is 2. The molecule has 0 N–H and O–H groups in total. The van der Waals surface area contributed by atoms with Crippen LogP contribution in [0.25, 0.3) is 11.1 Å². The SMILES string of the molecule is Cc1ccccc1OCCn1c(=O)oc2cc(S(=O)(=O)N3CCCCCC3)ccc21. The Hall–Kier alpha value is -2.58. The van der Waals surface area contributed by atoms with Gasteiger partial charge in [-0.3, -0.25) is 4.57 Å². The summed E-state index contributed by atoms with van der Waals surface area (Å²) in [5.74, 6) is 0.242. The maximum Gasteiger partial charge on any atom is 0.420 e. The minimum absolute atomic E-state index is 0.161. The van der Waals surface area contributed by atoms with Gasteiger partial charge < -0.3 is 9.15 Å². The van der Waals surface area contributed by atoms with Crippen LogP contribution in [-0.4, -0.2) is 37.0 Å². The number of benzene rings is 2. The zero-order valence-corrected chi connectivity index (χ0v) is 17.9. The van der Waals surface area contributed by atoms with Crippen LogP contribution in [0, 0.1) is 6.92 Å². The van der Waals surface area contributed by atoms with Crippen LogP contribution in [0.3, 0.4) is 0 Å². The van der Waals surface area contributed by atoms with E-state index in [4.69, 9.17) is 9.15 Å². The summed E-state index contributed by atoms with van der Waals surface area (Å²) in [6.07, 6.45) is 3.84. The molecule has 0 saturated carbocycles. The number of para-hydroxylation sites is 1. The molecular weight excluding hydrogens is 404 g/mol. The second kappa shape index (κ2) is 8.65. The van der Waals surface area contributed by atoms with Crippen molar-refractivity contribution in [3.8, 4) is 5.75 Å². The van der Waals surface area contributed by atoms with Crippen LogP contribution in [0.1, 0.15) is 31.2 Å². The zero-order valence-electron chi connectivity index (χ0n) is 17.0. The minimum Gasteiger partial charge on any atom is -0.491 e. The van der Waals surface area contributed by atoms with Crippen molar-refractivity contribution < 1.29 is 17.6 Å². The molecule has 1 aliphatic rings. The van der Waals surface area contributed by atoms with Crippen molar-refractivity contribution in [2.24, 2.45) is 0 Å². The fourth-order valence-electron chi connectivity index (χ4n) is 3.82. The Balaban J connectivity index is 1.55. The molecular formula is C22H26N2O5S. The second-order valence-corrected chi connectivity index (χ2v) is 9.52. The van der Waals surface area contributed by atoms with Crippen molar-refractivity contribution in [3.63, 3.8) is 0 Å². The van der Waals surface area contributed by atoms with E-state index in [-0.39, 0.29) is 10.5 Å². The number of oxazole rings is 1. The standard InChI is InChI=1S/C22H26N2O5S/c1-17-8-4-5-9-20(17)28-15-14-24-19-11-10-18(16-21(19)29-22(24)25)30(26,27)23-12-6-2-3-7-13-23/h4-5,8-11,16H,2-3,6-7,12-15H2,1H3. The number of aryl methyl sites for hydroxylation is 1. The molecule has 0 aliphatic carbocycles. The Bertz CT molecular complexity index is 1190. The highest BCUT2D eigenvalue weighted by atomic mass is 32.2. The van der Waals surface area contributed by atoms with E-state index in [1.54, 1.807) is 12.1 Å². The number of hydrogen-bond donors (Lipinski definition) is 0. The Morgan fingerprint density at radius 3 is 2.50 bits per heavy atom. The summed E-state index contributed by atoms with van der Waals surface area (Å²) >= 11 is 0. The topological polar surface area (TPSA) is 81.8 Å². The highest BCUT2D eigenvalue weighted by Gasteiger charge is 2.26. The van der Waals surface area contributed by atoms with Gasteiger partial charge in [-0.25, -0.2) is 13.2 Å². The molecule has 7 nitrogen and oxygen atoms in total. The molecule has 0 radical (unpaired) electrons. The lowest BCUT2D eigenvalue weighted by Gasteiger charge is -2.19. The van der Waals surface area contributed by atoms with Crippen LogP contribution < -0.4 is 10.5 Å². The van der Waals surface area contributed by atoms with Gasteiger partial charge in [0.2, 0.25) is 10.0 Å². The average molecular weight is 431 g/mol. The van der Waals surface area contributed by atoms with E-state index in [2.05, 4.69) is 0 Å². The molecule has 3 aromatic rings. The Kier molecular flexibility index (Phi) is 5.97. The maximum absolute atomic E-state index is 13.0. The van der Waals surface area contributed by atoms with Gasteiger partial charge in [-0.2, -0.15) is 4.31 Å². The van der Waals surface area contributed by atoms with Gasteiger partial charge >= 0.3 is 5.76 Å². The van der Waals surface area contributed by atoms with Gasteiger partial charge in [-0.1, -0.05) is 31.0 Å². The number of aromatic nitrogens is 1. The fourth-order valence-corrected chi connectivity index (χ4v) is 5.35. The first-order valence-electron chi connectivity index (χ1n) is 10.3. The number of fused-ring (bicyclic) bond motifs is 1. The van der Waals surface area contributed by atoms with E-state index in [0.29, 0.717) is 31.8 Å². The van der Waals surface area contributed by atoms with Crippen molar-refractivity contribution in [2.75, 3.05) is 19.7 Å². The van der Waals surface area contributed by atoms with Gasteiger partial charge in [0.05, 0.1) is 17.0 Å². The molecule has 1 fully saturated rings. The third-order valence-corrected chi connectivity index (χ3v) is 7.40. The lowest BCUT2D eigenvalue weighted by atomic mass is 10.2. The third-order valence-electron chi connectivity index (χ3n) is 5.51. The predicted molar refractivity (Wildman–Crippen MR) is 114 cm³/mol. The van der Waals surface area contributed by atoms with Crippen LogP contribution >= 0.6 is 0 Å². The monoisotopic (exact) mass is 430 g/mol. The molecule has 0 bridgehead atoms. The molecule has 30 heavy (non-hydrogen) atoms. The summed E-state index contributed by atoms with van der Waals surface area (Å²) in [5, 5.41) is 0. The molecule has 2 aromatic carbocycles. The molecule has 0 amide bonds. The van der Waals surface area contributed by atoms with Crippen LogP contribution in [0.5, 0.6) is 5.75 Å². The Labute approximate surface area is 175 Å². The van der Waals surface area contributed by atoms with Crippen molar-refractivity contribution >= 4 is 21.1 Å². The molecule has 8 heteroatoms. The second-order valence-electron chi connectivity index (χ2n) is 7.58. The van der Waals surface area contributed by atoms with Crippen molar-refractivity contribution in [1.82, 2.24) is 8.87 Å². The molecule has 0 atom stereocenters. The molecule has 2 heterocycles. The number of rotatable bonds is 6. The molecule has 1 saturated heterocycles. The molecule has 1 aromatic heterocycles. The first kappa shape index (κ1) is 20.7. The predicted octanol–water partition coefficient (Wildman–Crippen LogP) is 3.55. The van der Waals surface area contributed by atoms with E-state index in [9.17, 15) is 13.2 Å². The quantitative estimate of drug-likeness (QED) is 0.597. The van der Waals surface area contributed by atoms with Crippen LogP contribution in [0.4, 0.5) is 0 Å². The summed E-state index contributed by atoms with van der Waals surface area (Å²) in [6, 6.07) is 12.3. The summed E-state index contributed by atoms with van der Waals surface area (Å²) in [6.45, 7) is 3.62. The van der Waals surface area contributed by atoms with Gasteiger partial charge in [0.1, 0.15) is 12.4 Å². The third kappa shape index (κ3) is 4.15. The molecule has 160 valence electrons. The summed E-state index contributed by atoms with van der Waals surface area (Å²) in [4.78, 5) is 12.5. The van der Waals surface area contributed by atoms with Gasteiger partial charge in [-0.05, 0) is 43.5 Å². The molecule has 4 rings (SSSR count). The molecule has 0 spiro atoms. The first-order valence-corrected chi connectivity index (χ1v) is 11.7. The van der Waals surface area contributed by atoms with E-state index in [1.807, 2.05) is 31.2 Å². The van der Waals surface area contributed by atoms with E-state index in [1.165, 1.54) is 14.9 Å². The van der Waals surface area contributed by atoms with E-state index in [0.717, 1.165) is 37.0 Å². The highest BCUT2D eigenvalue weighted by Crippen LogP contribution is 2.24. The van der Waals surface area contributed by atoms with Gasteiger partial charge in [0, 0.05) is 19.2 Å². The van der Waals surface area contributed by atoms with Crippen LogP contribution in [-0.2, 0) is 16.6 Å². The summed E-state index contributed by atoms with van der Waals surface area (Å²) in [5.41, 5.74) is 1.85. The van der Waals surface area contributed by atoms with Crippen molar-refractivity contribution in [1.29, 1.82) is 0 Å². The lowest BCUT2D eigenvalue weighted by molar-refractivity contribution is 0.292. The minimum atomic E-state index is -3.60. The smallest absolute Gasteiger partial charge is 0.420 e. The molecule has 1 aliphatic heterocycles. The van der Waals surface area contributed by atoms with Gasteiger partial charge in [0.15, 0.2) is 5.58 Å². The van der Waals surface area contributed by atoms with Crippen molar-refractivity contribution in [2.45, 2.75) is 44.0 Å². The van der Waals surface area contributed by atoms with E-state index >= 15 is 0 Å². The highest BCUT2D eigenvalue weighted by molar-refractivity contribution is 7.89. The average Bonchev–Trinajstić information content (AvgIpc) is 2.90. The van der Waals surface area contributed by atoms with E-state index < -0.39 is 15.8 Å². The van der Waals surface area contributed by atoms with Gasteiger partial charge in [-0.15, -0.1) is 0 Å². The summed E-state index contributed by atoms with van der Waals surface area (Å²) < 4.78 is 40.2. The zero-order chi connectivity index (χ0) is 21.1. The van der Waals surface area contributed by atoms with Crippen LogP contribution in [0.2, 0.25) is 0 Å². The Morgan fingerprint density at radius 1 is 1.03 bits per heavy atom. The van der Waals surface area contributed by atoms with Gasteiger partial charge in [0.25, 0.3) is 0 Å². The largest absolute Gasteiger partial charge is 0.491 e. The fraction of sp³-hybridized carbons (Fsp3) is 0.409. The normalized spacial score (nSPS) is 15.9. The number of hydrogen-bond acceptors (Lipinski definition) is 5. The Morgan fingerprint density at radius 2 is 1.77 bits per heavy atom. The summed E-state index contributed by atoms with van der Waals surface area (Å²) in [7, 11) is -3.60. The number of ether oxygens (including phenoxy) is 1. The lowest BCUT2D eigenvalue weighted by Crippen LogP contribution is -2.31.